The fraction of sp³-hybridized carbons (Fsp3) is 0.273. The van der Waals surface area contributed by atoms with Crippen LogP contribution in [0.1, 0.15) is 33.0 Å². The normalized spacial score (nSPS) is 13.7. The minimum Gasteiger partial charge on any atom is -0.345 e. The molecule has 208 valence electrons. The largest absolute Gasteiger partial charge is 0.417 e. The Hall–Kier alpha value is -2.81. The Bertz CT molecular complexity index is 1230. The zero-order chi connectivity index (χ0) is 29.1. The molecule has 2 aromatic carbocycles. The lowest BCUT2D eigenvalue weighted by atomic mass is 9.95. The molecule has 0 heterocycles. The molecule has 0 aliphatic carbocycles. The molecule has 0 aliphatic heterocycles. The van der Waals surface area contributed by atoms with Crippen LogP contribution in [0, 0.1) is 0 Å². The van der Waals surface area contributed by atoms with Crippen LogP contribution in [-0.4, -0.2) is 37.3 Å². The van der Waals surface area contributed by atoms with Crippen molar-refractivity contribution in [3.8, 4) is 0 Å². The highest BCUT2D eigenvalue weighted by Gasteiger charge is 2.41. The molecule has 0 saturated carbocycles. The van der Waals surface area contributed by atoms with Crippen LogP contribution >= 0.6 is 27.5 Å². The summed E-state index contributed by atoms with van der Waals surface area (Å²) in [6.45, 7) is -2.87. The van der Waals surface area contributed by atoms with Crippen LogP contribution in [0.2, 0.25) is 5.02 Å². The lowest BCUT2D eigenvalue weighted by molar-refractivity contribution is -0.140. The summed E-state index contributed by atoms with van der Waals surface area (Å²) >= 11 is 8.78. The molecule has 4 nitrogen and oxygen atoms in total. The van der Waals surface area contributed by atoms with Crippen LogP contribution in [0.4, 0.5) is 43.9 Å². The Morgan fingerprint density at radius 1 is 0.947 bits per heavy atom. The second kappa shape index (κ2) is 11.9. The summed E-state index contributed by atoms with van der Waals surface area (Å²) in [6, 6.07) is 4.19. The molecule has 2 aromatic rings. The molecule has 0 spiro atoms. The number of benzene rings is 2. The number of halogens is 12. The first-order chi connectivity index (χ1) is 17.3. The molecule has 0 aromatic heterocycles. The van der Waals surface area contributed by atoms with Crippen LogP contribution in [0.3, 0.4) is 0 Å². The van der Waals surface area contributed by atoms with E-state index in [1.807, 2.05) is 0 Å². The maximum atomic E-state index is 14.8. The summed E-state index contributed by atoms with van der Waals surface area (Å²) < 4.78 is 133. The Balaban J connectivity index is 2.38. The summed E-state index contributed by atoms with van der Waals surface area (Å²) in [5.41, 5.74) is -4.36. The van der Waals surface area contributed by atoms with E-state index in [0.29, 0.717) is 12.1 Å². The van der Waals surface area contributed by atoms with Crippen molar-refractivity contribution in [3.05, 3.63) is 74.2 Å². The van der Waals surface area contributed by atoms with Crippen molar-refractivity contribution in [3.63, 3.8) is 0 Å². The lowest BCUT2D eigenvalue weighted by Gasteiger charge is -2.19. The molecule has 16 heteroatoms. The van der Waals surface area contributed by atoms with Gasteiger partial charge < -0.3 is 10.6 Å². The van der Waals surface area contributed by atoms with Gasteiger partial charge in [0.2, 0.25) is 5.91 Å². The zero-order valence-electron chi connectivity index (χ0n) is 18.4. The van der Waals surface area contributed by atoms with Crippen LogP contribution < -0.4 is 10.6 Å². The first-order valence-corrected chi connectivity index (χ1v) is 11.2. The number of hydrogen-bond donors (Lipinski definition) is 2. The smallest absolute Gasteiger partial charge is 0.345 e. The van der Waals surface area contributed by atoms with Crippen LogP contribution in [0.25, 0.3) is 5.83 Å². The first kappa shape index (κ1) is 31.4. The maximum absolute atomic E-state index is 14.8. The topological polar surface area (TPSA) is 58.2 Å². The molecule has 2 N–H and O–H groups in total. The standard InChI is InChI=1S/C22H14BrClF10N2O2/c23-15-4-2-10(6-16(15)24)13(21(29,30)31)7-17(25)11-1-3-12(14(5-11)22(32,33)34)19(38)35-8-18(37)36-9-20(26,27)28/h1-7,13H,8-9H2,(H,35,38)(H,36,37). The third-order valence-corrected chi connectivity index (χ3v) is 5.94. The van der Waals surface area contributed by atoms with Gasteiger partial charge in [-0.25, -0.2) is 4.39 Å². The molecule has 2 amide bonds. The van der Waals surface area contributed by atoms with E-state index in [1.165, 1.54) is 11.4 Å². The second-order valence-corrected chi connectivity index (χ2v) is 8.80. The second-order valence-electron chi connectivity index (χ2n) is 7.54. The van der Waals surface area contributed by atoms with E-state index >= 15 is 0 Å². The Labute approximate surface area is 221 Å². The van der Waals surface area contributed by atoms with Crippen molar-refractivity contribution in [1.82, 2.24) is 10.6 Å². The van der Waals surface area contributed by atoms with Gasteiger partial charge in [0.15, 0.2) is 0 Å². The van der Waals surface area contributed by atoms with Gasteiger partial charge in [-0.2, -0.15) is 39.5 Å². The molecule has 0 fully saturated rings. The van der Waals surface area contributed by atoms with Gasteiger partial charge in [0, 0.05) is 10.0 Å². The fourth-order valence-electron chi connectivity index (χ4n) is 2.97. The highest BCUT2D eigenvalue weighted by Crippen LogP contribution is 2.41. The van der Waals surface area contributed by atoms with Crippen molar-refractivity contribution in [2.24, 2.45) is 0 Å². The van der Waals surface area contributed by atoms with Gasteiger partial charge in [0.05, 0.1) is 22.7 Å². The Morgan fingerprint density at radius 2 is 1.58 bits per heavy atom. The number of carbonyl (C=O) groups is 2. The number of carbonyl (C=O) groups excluding carboxylic acids is 2. The third kappa shape index (κ3) is 8.89. The minimum absolute atomic E-state index is 0.0415. The number of amides is 2. The summed E-state index contributed by atoms with van der Waals surface area (Å²) in [5, 5.41) is 2.94. The highest BCUT2D eigenvalue weighted by molar-refractivity contribution is 9.10. The van der Waals surface area contributed by atoms with E-state index in [0.717, 1.165) is 12.1 Å². The molecule has 0 radical (unpaired) electrons. The molecule has 0 saturated heterocycles. The van der Waals surface area contributed by atoms with Gasteiger partial charge >= 0.3 is 18.5 Å². The van der Waals surface area contributed by atoms with Gasteiger partial charge in [0.25, 0.3) is 5.91 Å². The summed E-state index contributed by atoms with van der Waals surface area (Å²) in [5.74, 6) is -7.20. The fourth-order valence-corrected chi connectivity index (χ4v) is 3.41. The van der Waals surface area contributed by atoms with Crippen LogP contribution in [0.15, 0.2) is 46.9 Å². The summed E-state index contributed by atoms with van der Waals surface area (Å²) in [6.07, 6.45) is -15.1. The zero-order valence-corrected chi connectivity index (χ0v) is 20.7. The Kier molecular flexibility index (Phi) is 9.86. The molecule has 38 heavy (non-hydrogen) atoms. The summed E-state index contributed by atoms with van der Waals surface area (Å²) in [7, 11) is 0. The molecule has 1 unspecified atom stereocenters. The molecule has 2 rings (SSSR count). The highest BCUT2D eigenvalue weighted by atomic mass is 79.9. The van der Waals surface area contributed by atoms with Crippen LogP contribution in [0.5, 0.6) is 0 Å². The number of hydrogen-bond acceptors (Lipinski definition) is 2. The van der Waals surface area contributed by atoms with E-state index in [2.05, 4.69) is 15.9 Å². The average molecular weight is 644 g/mol. The number of rotatable bonds is 7. The van der Waals surface area contributed by atoms with Gasteiger partial charge in [0.1, 0.15) is 18.3 Å². The van der Waals surface area contributed by atoms with Gasteiger partial charge in [-0.1, -0.05) is 23.7 Å². The molecular formula is C22H14BrClF10N2O2. The van der Waals surface area contributed by atoms with Gasteiger partial charge in [-0.15, -0.1) is 0 Å². The molecular weight excluding hydrogens is 630 g/mol. The van der Waals surface area contributed by atoms with E-state index in [4.69, 9.17) is 11.6 Å². The quantitative estimate of drug-likeness (QED) is 0.314. The third-order valence-electron chi connectivity index (χ3n) is 4.71. The van der Waals surface area contributed by atoms with Crippen LogP contribution in [-0.2, 0) is 11.0 Å². The number of nitrogens with one attached hydrogen (secondary N) is 2. The van der Waals surface area contributed by atoms with E-state index in [-0.39, 0.29) is 21.6 Å². The van der Waals surface area contributed by atoms with Crippen molar-refractivity contribution < 1.29 is 53.5 Å². The van der Waals surface area contributed by atoms with Crippen molar-refractivity contribution in [2.45, 2.75) is 24.4 Å². The molecule has 1 atom stereocenters. The Morgan fingerprint density at radius 3 is 2.11 bits per heavy atom. The SMILES string of the molecule is O=C(CNC(=O)c1ccc(C(F)=CC(c2ccc(Br)c(Cl)c2)C(F)(F)F)cc1C(F)(F)F)NCC(F)(F)F. The predicted octanol–water partition coefficient (Wildman–Crippen LogP) is 7.19. The van der Waals surface area contributed by atoms with E-state index in [9.17, 15) is 53.5 Å². The van der Waals surface area contributed by atoms with Gasteiger partial charge in [-0.3, -0.25) is 9.59 Å². The van der Waals surface area contributed by atoms with Crippen molar-refractivity contribution in [1.29, 1.82) is 0 Å². The van der Waals surface area contributed by atoms with Crippen molar-refractivity contribution >= 4 is 45.2 Å². The number of alkyl halides is 9. The molecule has 0 aliphatic rings. The van der Waals surface area contributed by atoms with E-state index in [1.54, 1.807) is 5.32 Å². The van der Waals surface area contributed by atoms with Gasteiger partial charge in [-0.05, 0) is 51.8 Å². The molecule has 0 bridgehead atoms. The van der Waals surface area contributed by atoms with Crippen molar-refractivity contribution in [2.75, 3.05) is 13.1 Å². The minimum atomic E-state index is -5.30. The van der Waals surface area contributed by atoms with E-state index < -0.39 is 77.4 Å². The predicted molar refractivity (Wildman–Crippen MR) is 120 cm³/mol. The average Bonchev–Trinajstić information content (AvgIpc) is 2.79. The number of allylic oxidation sites excluding steroid dienone is 1. The summed E-state index contributed by atoms with van der Waals surface area (Å²) in [4.78, 5) is 23.5. The lowest BCUT2D eigenvalue weighted by Crippen LogP contribution is -2.41. The first-order valence-electron chi connectivity index (χ1n) is 10.0. The maximum Gasteiger partial charge on any atom is 0.417 e. The monoisotopic (exact) mass is 642 g/mol.